The summed E-state index contributed by atoms with van der Waals surface area (Å²) in [6.07, 6.45) is 0. The molecular weight excluding hydrogens is 761 g/mol. The van der Waals surface area contributed by atoms with Crippen LogP contribution in [0.2, 0.25) is 0 Å². The van der Waals surface area contributed by atoms with Crippen LogP contribution < -0.4 is 0 Å². The largest absolute Gasteiger partial charge is 0.309 e. The number of hydrogen-bond donors (Lipinski definition) is 0. The minimum atomic E-state index is 0.657. The van der Waals surface area contributed by atoms with E-state index >= 15 is 0 Å². The highest BCUT2D eigenvalue weighted by Gasteiger charge is 2.22. The molecule has 0 aliphatic rings. The number of thiophene rings is 1. The Labute approximate surface area is 354 Å². The van der Waals surface area contributed by atoms with E-state index in [-0.39, 0.29) is 0 Å². The first kappa shape index (κ1) is 34.0. The van der Waals surface area contributed by atoms with Crippen molar-refractivity contribution in [1.29, 1.82) is 0 Å². The van der Waals surface area contributed by atoms with Gasteiger partial charge in [0.15, 0.2) is 0 Å². The van der Waals surface area contributed by atoms with Crippen LogP contribution in [0.1, 0.15) is 0 Å². The molecular formula is C56H34N4S. The molecule has 0 fully saturated rings. The number of rotatable bonds is 5. The molecule has 0 N–H and O–H groups in total. The van der Waals surface area contributed by atoms with Gasteiger partial charge in [-0.05, 0) is 82.1 Å². The molecule has 4 aromatic heterocycles. The molecule has 0 aliphatic carbocycles. The van der Waals surface area contributed by atoms with Gasteiger partial charge in [0, 0.05) is 53.1 Å². The lowest BCUT2D eigenvalue weighted by molar-refractivity contribution is 1.02. The zero-order valence-corrected chi connectivity index (χ0v) is 33.6. The Morgan fingerprint density at radius 1 is 0.377 bits per heavy atom. The van der Waals surface area contributed by atoms with Gasteiger partial charge in [0.05, 0.1) is 33.3 Å². The van der Waals surface area contributed by atoms with Crippen molar-refractivity contribution in [2.75, 3.05) is 0 Å². The molecule has 0 spiro atoms. The summed E-state index contributed by atoms with van der Waals surface area (Å²) in [7, 11) is 0. The number of fused-ring (bicyclic) bond motifs is 11. The second-order valence-electron chi connectivity index (χ2n) is 15.8. The van der Waals surface area contributed by atoms with Gasteiger partial charge in [0.2, 0.25) is 5.95 Å². The molecule has 0 saturated heterocycles. The maximum Gasteiger partial charge on any atom is 0.235 e. The fourth-order valence-electron chi connectivity index (χ4n) is 9.53. The van der Waals surface area contributed by atoms with Crippen LogP contribution in [0.4, 0.5) is 0 Å². The molecule has 0 bridgehead atoms. The second kappa shape index (κ2) is 13.3. The first-order valence-electron chi connectivity index (χ1n) is 20.7. The standard InChI is InChI=1S/C56H34N4S/c1-4-15-36(16-5-1)51-34-40-25-29-47-52(55(40)61-51)53(37-17-6-2-7-18-37)58-56(57-47)60-50-31-27-39(33-46(50)44-28-24-35-14-10-11-21-42(35)54(44)60)38-26-30-49-45(32-38)43-22-12-13-23-48(43)59(49)41-19-8-3-9-20-41/h1-34H. The lowest BCUT2D eigenvalue weighted by Crippen LogP contribution is -2.04. The Morgan fingerprint density at radius 3 is 1.75 bits per heavy atom. The summed E-state index contributed by atoms with van der Waals surface area (Å²) in [6.45, 7) is 0. The minimum Gasteiger partial charge on any atom is -0.309 e. The van der Waals surface area contributed by atoms with Gasteiger partial charge in [-0.15, -0.1) is 11.3 Å². The molecule has 0 radical (unpaired) electrons. The number of benzene rings is 9. The first-order valence-corrected chi connectivity index (χ1v) is 21.5. The monoisotopic (exact) mass is 794 g/mol. The predicted molar refractivity (Wildman–Crippen MR) is 257 cm³/mol. The third-order valence-corrected chi connectivity index (χ3v) is 13.5. The summed E-state index contributed by atoms with van der Waals surface area (Å²) in [6, 6.07) is 74.2. The molecule has 0 amide bonds. The van der Waals surface area contributed by atoms with Crippen LogP contribution in [0.25, 0.3) is 120 Å². The molecule has 4 heterocycles. The summed E-state index contributed by atoms with van der Waals surface area (Å²) in [5.74, 6) is 0.657. The van der Waals surface area contributed by atoms with Crippen molar-refractivity contribution < 1.29 is 0 Å². The Kier molecular flexibility index (Phi) is 7.44. The van der Waals surface area contributed by atoms with Crippen molar-refractivity contribution in [3.63, 3.8) is 0 Å². The first-order chi connectivity index (χ1) is 30.2. The highest BCUT2D eigenvalue weighted by atomic mass is 32.1. The molecule has 0 saturated carbocycles. The summed E-state index contributed by atoms with van der Waals surface area (Å²) in [5.41, 5.74) is 12.2. The van der Waals surface area contributed by atoms with Gasteiger partial charge in [-0.3, -0.25) is 4.57 Å². The van der Waals surface area contributed by atoms with Crippen LogP contribution >= 0.6 is 11.3 Å². The number of hydrogen-bond acceptors (Lipinski definition) is 3. The van der Waals surface area contributed by atoms with Gasteiger partial charge < -0.3 is 4.57 Å². The topological polar surface area (TPSA) is 35.6 Å². The Hall–Kier alpha value is -7.86. The molecule has 9 aromatic carbocycles. The SMILES string of the molecule is c1ccc(-c2cc3ccc4nc(-n5c6ccc(-c7ccc8c(c7)c7ccccc7n8-c7ccccc7)cc6c6ccc7ccccc7c65)nc(-c5ccccc5)c4c3s2)cc1. The van der Waals surface area contributed by atoms with E-state index in [0.29, 0.717) is 5.95 Å². The lowest BCUT2D eigenvalue weighted by Gasteiger charge is -2.13. The average Bonchev–Trinajstić information content (AvgIpc) is 4.02. The van der Waals surface area contributed by atoms with E-state index in [1.165, 1.54) is 64.1 Å². The van der Waals surface area contributed by atoms with Crippen LogP contribution in [-0.2, 0) is 0 Å². The van der Waals surface area contributed by atoms with Gasteiger partial charge in [-0.1, -0.05) is 152 Å². The van der Waals surface area contributed by atoms with Crippen LogP contribution in [0.3, 0.4) is 0 Å². The second-order valence-corrected chi connectivity index (χ2v) is 16.8. The van der Waals surface area contributed by atoms with E-state index < -0.39 is 0 Å². The van der Waals surface area contributed by atoms with Crippen molar-refractivity contribution in [3.8, 4) is 44.5 Å². The van der Waals surface area contributed by atoms with Crippen LogP contribution in [0.5, 0.6) is 0 Å². The van der Waals surface area contributed by atoms with Gasteiger partial charge >= 0.3 is 0 Å². The van der Waals surface area contributed by atoms with E-state index in [1.54, 1.807) is 0 Å². The minimum absolute atomic E-state index is 0.657. The predicted octanol–water partition coefficient (Wildman–Crippen LogP) is 15.2. The molecule has 4 nitrogen and oxygen atoms in total. The maximum absolute atomic E-state index is 5.58. The van der Waals surface area contributed by atoms with E-state index in [0.717, 1.165) is 49.8 Å². The van der Waals surface area contributed by atoms with Crippen molar-refractivity contribution in [3.05, 3.63) is 206 Å². The van der Waals surface area contributed by atoms with E-state index in [9.17, 15) is 0 Å². The van der Waals surface area contributed by atoms with Crippen molar-refractivity contribution >= 4 is 86.7 Å². The lowest BCUT2D eigenvalue weighted by atomic mass is 10.00. The van der Waals surface area contributed by atoms with E-state index in [4.69, 9.17) is 9.97 Å². The average molecular weight is 795 g/mol. The Morgan fingerprint density at radius 2 is 0.984 bits per heavy atom. The van der Waals surface area contributed by atoms with Gasteiger partial charge in [0.25, 0.3) is 0 Å². The van der Waals surface area contributed by atoms with E-state index in [1.807, 2.05) is 11.3 Å². The smallest absolute Gasteiger partial charge is 0.235 e. The van der Waals surface area contributed by atoms with Crippen LogP contribution in [0, 0.1) is 0 Å². The number of aromatic nitrogens is 4. The molecule has 5 heteroatoms. The van der Waals surface area contributed by atoms with Crippen LogP contribution in [-0.4, -0.2) is 19.1 Å². The third-order valence-electron chi connectivity index (χ3n) is 12.3. The summed E-state index contributed by atoms with van der Waals surface area (Å²) in [5, 5.41) is 9.43. The number of nitrogens with zero attached hydrogens (tertiary/aromatic N) is 4. The molecule has 284 valence electrons. The Balaban J connectivity index is 1.06. The molecule has 61 heavy (non-hydrogen) atoms. The van der Waals surface area contributed by atoms with Crippen molar-refractivity contribution in [2.45, 2.75) is 0 Å². The highest BCUT2D eigenvalue weighted by Crippen LogP contribution is 2.43. The summed E-state index contributed by atoms with van der Waals surface area (Å²) < 4.78 is 5.87. The van der Waals surface area contributed by atoms with Crippen molar-refractivity contribution in [1.82, 2.24) is 19.1 Å². The molecule has 0 atom stereocenters. The molecule has 13 rings (SSSR count). The maximum atomic E-state index is 5.58. The zero-order valence-electron chi connectivity index (χ0n) is 32.8. The van der Waals surface area contributed by atoms with Crippen molar-refractivity contribution in [2.24, 2.45) is 0 Å². The van der Waals surface area contributed by atoms with E-state index in [2.05, 4.69) is 215 Å². The highest BCUT2D eigenvalue weighted by molar-refractivity contribution is 7.23. The molecule has 0 aliphatic heterocycles. The van der Waals surface area contributed by atoms with Gasteiger partial charge in [-0.2, -0.15) is 0 Å². The zero-order chi connectivity index (χ0) is 40.0. The summed E-state index contributed by atoms with van der Waals surface area (Å²) >= 11 is 1.81. The van der Waals surface area contributed by atoms with Gasteiger partial charge in [-0.25, -0.2) is 9.97 Å². The van der Waals surface area contributed by atoms with Crippen LogP contribution in [0.15, 0.2) is 206 Å². The fraction of sp³-hybridized carbons (Fsp3) is 0. The molecule has 13 aromatic rings. The quantitative estimate of drug-likeness (QED) is 0.174. The normalized spacial score (nSPS) is 11.9. The Bertz CT molecular complexity index is 3860. The fourth-order valence-corrected chi connectivity index (χ4v) is 10.7. The third kappa shape index (κ3) is 5.24. The summed E-state index contributed by atoms with van der Waals surface area (Å²) in [4.78, 5) is 12.3. The molecule has 0 unspecified atom stereocenters. The van der Waals surface area contributed by atoms with Gasteiger partial charge in [0.1, 0.15) is 0 Å². The number of para-hydroxylation sites is 2.